The van der Waals surface area contributed by atoms with Crippen molar-refractivity contribution in [2.45, 2.75) is 29.1 Å². The molecule has 0 unspecified atom stereocenters. The lowest BCUT2D eigenvalue weighted by atomic mass is 9.89. The number of hydrogen-bond donors (Lipinski definition) is 0. The lowest BCUT2D eigenvalue weighted by Gasteiger charge is -2.28. The third-order valence-corrected chi connectivity index (χ3v) is 6.52. The van der Waals surface area contributed by atoms with E-state index >= 15 is 0 Å². The Hall–Kier alpha value is -0.0500. The molecule has 74 valence electrons. The van der Waals surface area contributed by atoms with Crippen molar-refractivity contribution in [3.8, 4) is 0 Å². The number of halogens is 1. The van der Waals surface area contributed by atoms with E-state index in [1.165, 1.54) is 25.7 Å². The van der Waals surface area contributed by atoms with Crippen LogP contribution in [0.4, 0.5) is 0 Å². The highest BCUT2D eigenvalue weighted by Crippen LogP contribution is 2.62. The second-order valence-electron chi connectivity index (χ2n) is 4.68. The molecule has 2 aliphatic carbocycles. The number of alkyl halides is 1. The lowest BCUT2D eigenvalue weighted by molar-refractivity contribution is 0.480. The average Bonchev–Trinajstić information content (AvgIpc) is 2.75. The summed E-state index contributed by atoms with van der Waals surface area (Å²) in [5.41, 5.74) is 1.57. The summed E-state index contributed by atoms with van der Waals surface area (Å²) in [4.78, 5) is 0. The molecular weight excluding hydrogens is 283 g/mol. The van der Waals surface area contributed by atoms with Crippen molar-refractivity contribution in [3.05, 3.63) is 35.9 Å². The molecule has 0 N–H and O–H groups in total. The summed E-state index contributed by atoms with van der Waals surface area (Å²) in [6.45, 7) is 0. The molecule has 3 rings (SSSR count). The molecule has 14 heavy (non-hydrogen) atoms. The topological polar surface area (TPSA) is 0 Å². The van der Waals surface area contributed by atoms with Crippen molar-refractivity contribution < 1.29 is 0 Å². The van der Waals surface area contributed by atoms with Gasteiger partial charge in [0.15, 0.2) is 0 Å². The Balaban J connectivity index is 2.05. The molecule has 0 saturated heterocycles. The molecule has 0 amide bonds. The summed E-state index contributed by atoms with van der Waals surface area (Å²) >= 11 is 2.75. The maximum Gasteiger partial charge on any atom is 0.0526 e. The maximum atomic E-state index is 2.75. The smallest absolute Gasteiger partial charge is 0.0526 e. The summed E-state index contributed by atoms with van der Waals surface area (Å²) in [6, 6.07) is 11.1. The minimum Gasteiger partial charge on any atom is -0.0730 e. The Morgan fingerprint density at radius 1 is 0.929 bits per heavy atom. The number of benzene rings is 1. The average molecular weight is 298 g/mol. The van der Waals surface area contributed by atoms with Crippen LogP contribution >= 0.6 is 22.6 Å². The maximum absolute atomic E-state index is 2.75. The second kappa shape index (κ2) is 3.22. The van der Waals surface area contributed by atoms with E-state index in [4.69, 9.17) is 0 Å². The fraction of sp³-hybridized carbons (Fsp3) is 0.538. The molecule has 2 bridgehead atoms. The first kappa shape index (κ1) is 9.20. The quantitative estimate of drug-likeness (QED) is 0.540. The largest absolute Gasteiger partial charge is 0.0730 e. The van der Waals surface area contributed by atoms with Gasteiger partial charge in [-0.1, -0.05) is 52.9 Å². The van der Waals surface area contributed by atoms with Crippen LogP contribution < -0.4 is 0 Å². The zero-order chi connectivity index (χ0) is 9.60. The minimum absolute atomic E-state index is 0.485. The summed E-state index contributed by atoms with van der Waals surface area (Å²) in [5, 5.41) is 0. The van der Waals surface area contributed by atoms with Gasteiger partial charge in [0.1, 0.15) is 0 Å². The van der Waals surface area contributed by atoms with Gasteiger partial charge in [0.05, 0.1) is 3.42 Å². The first-order valence-electron chi connectivity index (χ1n) is 5.56. The summed E-state index contributed by atoms with van der Waals surface area (Å²) in [5.74, 6) is 1.91. The van der Waals surface area contributed by atoms with Crippen molar-refractivity contribution in [2.75, 3.05) is 0 Å². The van der Waals surface area contributed by atoms with Crippen LogP contribution in [-0.4, -0.2) is 0 Å². The van der Waals surface area contributed by atoms with Gasteiger partial charge in [-0.05, 0) is 43.1 Å². The van der Waals surface area contributed by atoms with Crippen molar-refractivity contribution in [3.63, 3.8) is 0 Å². The van der Waals surface area contributed by atoms with Crippen LogP contribution in [-0.2, 0) is 3.42 Å². The van der Waals surface area contributed by atoms with Crippen LogP contribution in [0.2, 0.25) is 0 Å². The van der Waals surface area contributed by atoms with Crippen LogP contribution in [0.1, 0.15) is 31.2 Å². The fourth-order valence-corrected chi connectivity index (χ4v) is 5.04. The molecule has 1 aromatic rings. The van der Waals surface area contributed by atoms with E-state index in [0.29, 0.717) is 3.42 Å². The summed E-state index contributed by atoms with van der Waals surface area (Å²) in [7, 11) is 0. The predicted octanol–water partition coefficient (Wildman–Crippen LogP) is 4.14. The zero-order valence-electron chi connectivity index (χ0n) is 8.25. The van der Waals surface area contributed by atoms with E-state index in [0.717, 1.165) is 11.8 Å². The molecule has 2 fully saturated rings. The summed E-state index contributed by atoms with van der Waals surface area (Å²) in [6.07, 6.45) is 5.84. The SMILES string of the molecule is IC1(c2ccccc2)C2CCC1CC2. The van der Waals surface area contributed by atoms with Crippen LogP contribution in [0.5, 0.6) is 0 Å². The van der Waals surface area contributed by atoms with Gasteiger partial charge in [0.2, 0.25) is 0 Å². The van der Waals surface area contributed by atoms with Crippen molar-refractivity contribution in [1.29, 1.82) is 0 Å². The molecule has 0 nitrogen and oxygen atoms in total. The fourth-order valence-electron chi connectivity index (χ4n) is 3.43. The monoisotopic (exact) mass is 298 g/mol. The van der Waals surface area contributed by atoms with E-state index < -0.39 is 0 Å². The van der Waals surface area contributed by atoms with E-state index in [1.807, 2.05) is 0 Å². The first-order chi connectivity index (χ1) is 6.82. The Morgan fingerprint density at radius 2 is 1.43 bits per heavy atom. The standard InChI is InChI=1S/C13H15I/c14-13(10-4-2-1-3-5-10)11-6-7-12(13)9-8-11/h1-5,11-12H,6-9H2. The van der Waals surface area contributed by atoms with Gasteiger partial charge in [0, 0.05) is 0 Å². The molecule has 2 saturated carbocycles. The third kappa shape index (κ3) is 1.11. The second-order valence-corrected chi connectivity index (χ2v) is 6.47. The van der Waals surface area contributed by atoms with Gasteiger partial charge in [-0.15, -0.1) is 0 Å². The van der Waals surface area contributed by atoms with Crippen LogP contribution in [0.15, 0.2) is 30.3 Å². The van der Waals surface area contributed by atoms with Crippen LogP contribution in [0, 0.1) is 11.8 Å². The molecule has 0 heterocycles. The molecule has 1 aromatic carbocycles. The van der Waals surface area contributed by atoms with E-state index in [9.17, 15) is 0 Å². The highest BCUT2D eigenvalue weighted by Gasteiger charge is 2.53. The highest BCUT2D eigenvalue weighted by molar-refractivity contribution is 14.1. The van der Waals surface area contributed by atoms with Gasteiger partial charge in [0.25, 0.3) is 0 Å². The number of hydrogen-bond acceptors (Lipinski definition) is 0. The van der Waals surface area contributed by atoms with E-state index in [1.54, 1.807) is 5.56 Å². The van der Waals surface area contributed by atoms with Gasteiger partial charge in [-0.3, -0.25) is 0 Å². The molecule has 0 aliphatic heterocycles. The molecule has 1 heteroatoms. The molecular formula is C13H15I. The minimum atomic E-state index is 0.485. The van der Waals surface area contributed by atoms with E-state index in [2.05, 4.69) is 52.9 Å². The lowest BCUT2D eigenvalue weighted by Crippen LogP contribution is -2.23. The van der Waals surface area contributed by atoms with Crippen LogP contribution in [0.3, 0.4) is 0 Å². The zero-order valence-corrected chi connectivity index (χ0v) is 10.4. The van der Waals surface area contributed by atoms with Crippen LogP contribution in [0.25, 0.3) is 0 Å². The molecule has 2 aliphatic rings. The number of fused-ring (bicyclic) bond motifs is 2. The van der Waals surface area contributed by atoms with Crippen molar-refractivity contribution >= 4 is 22.6 Å². The van der Waals surface area contributed by atoms with E-state index in [-0.39, 0.29) is 0 Å². The van der Waals surface area contributed by atoms with Gasteiger partial charge < -0.3 is 0 Å². The third-order valence-electron chi connectivity index (χ3n) is 4.13. The highest BCUT2D eigenvalue weighted by atomic mass is 127. The van der Waals surface area contributed by atoms with Crippen molar-refractivity contribution in [1.82, 2.24) is 0 Å². The Kier molecular flexibility index (Phi) is 2.12. The molecule has 0 aromatic heterocycles. The van der Waals surface area contributed by atoms with Gasteiger partial charge in [-0.25, -0.2) is 0 Å². The summed E-state index contributed by atoms with van der Waals surface area (Å²) < 4.78 is 0.485. The van der Waals surface area contributed by atoms with Crippen molar-refractivity contribution in [2.24, 2.45) is 11.8 Å². The first-order valence-corrected chi connectivity index (χ1v) is 6.64. The number of rotatable bonds is 1. The normalized spacial score (nSPS) is 40.4. The molecule has 0 radical (unpaired) electrons. The Bertz CT molecular complexity index is 310. The molecule has 0 atom stereocenters. The Labute approximate surface area is 99.2 Å². The molecule has 0 spiro atoms. The Morgan fingerprint density at radius 3 is 1.93 bits per heavy atom. The predicted molar refractivity (Wildman–Crippen MR) is 67.6 cm³/mol. The van der Waals surface area contributed by atoms with Gasteiger partial charge >= 0.3 is 0 Å². The van der Waals surface area contributed by atoms with Gasteiger partial charge in [-0.2, -0.15) is 0 Å².